The third-order valence-corrected chi connectivity index (χ3v) is 4.90. The largest absolute Gasteiger partial charge is 0.368 e. The highest BCUT2D eigenvalue weighted by Crippen LogP contribution is 2.51. The van der Waals surface area contributed by atoms with Gasteiger partial charge in [0.1, 0.15) is 4.75 Å². The van der Waals surface area contributed by atoms with Crippen LogP contribution in [0, 0.1) is 0 Å². The van der Waals surface area contributed by atoms with E-state index in [0.717, 1.165) is 35.9 Å². The number of nitrogens with two attached hydrogens (primary N) is 1. The highest BCUT2D eigenvalue weighted by atomic mass is 32.2. The van der Waals surface area contributed by atoms with Gasteiger partial charge in [0, 0.05) is 24.5 Å². The molecule has 104 valence electrons. The lowest BCUT2D eigenvalue weighted by Gasteiger charge is -2.11. The molecule has 6 nitrogen and oxygen atoms in total. The first-order chi connectivity index (χ1) is 9.66. The van der Waals surface area contributed by atoms with E-state index in [1.54, 1.807) is 12.4 Å². The average Bonchev–Trinajstić information content (AvgIpc) is 3.13. The molecule has 3 rings (SSSR count). The maximum absolute atomic E-state index is 11.5. The van der Waals surface area contributed by atoms with Gasteiger partial charge in [-0.25, -0.2) is 0 Å². The van der Waals surface area contributed by atoms with Gasteiger partial charge in [0.05, 0.1) is 0 Å². The van der Waals surface area contributed by atoms with Gasteiger partial charge in [0.25, 0.3) is 0 Å². The van der Waals surface area contributed by atoms with Crippen molar-refractivity contribution in [3.8, 4) is 11.4 Å². The van der Waals surface area contributed by atoms with Crippen LogP contribution in [0.15, 0.2) is 29.7 Å². The average molecular weight is 289 g/mol. The lowest BCUT2D eigenvalue weighted by Crippen LogP contribution is -2.27. The topological polar surface area (TPSA) is 86.7 Å². The molecule has 0 spiro atoms. The van der Waals surface area contributed by atoms with E-state index in [-0.39, 0.29) is 5.91 Å². The van der Waals surface area contributed by atoms with E-state index >= 15 is 0 Å². The molecule has 2 aromatic rings. The molecule has 2 heterocycles. The quantitative estimate of drug-likeness (QED) is 0.900. The minimum atomic E-state index is -0.477. The first-order valence-corrected chi connectivity index (χ1v) is 7.30. The number of hydrogen-bond donors (Lipinski definition) is 1. The molecule has 0 unspecified atom stereocenters. The van der Waals surface area contributed by atoms with Crippen LogP contribution < -0.4 is 5.73 Å². The number of pyridine rings is 1. The van der Waals surface area contributed by atoms with E-state index in [4.69, 9.17) is 5.73 Å². The van der Waals surface area contributed by atoms with Crippen LogP contribution in [-0.4, -0.2) is 30.4 Å². The number of nitrogens with zero attached hydrogens (tertiary/aromatic N) is 4. The maximum Gasteiger partial charge on any atom is 0.234 e. The van der Waals surface area contributed by atoms with Crippen molar-refractivity contribution < 1.29 is 4.79 Å². The zero-order valence-electron chi connectivity index (χ0n) is 11.1. The predicted octanol–water partition coefficient (Wildman–Crippen LogP) is 1.47. The van der Waals surface area contributed by atoms with Crippen LogP contribution in [0.3, 0.4) is 0 Å². The normalized spacial score (nSPS) is 16.1. The highest BCUT2D eigenvalue weighted by Gasteiger charge is 2.50. The summed E-state index contributed by atoms with van der Waals surface area (Å²) in [6.45, 7) is 2.77. The number of carbonyl (C=O) groups is 1. The Labute approximate surface area is 120 Å². The van der Waals surface area contributed by atoms with Crippen LogP contribution in [0.5, 0.6) is 0 Å². The summed E-state index contributed by atoms with van der Waals surface area (Å²) in [6.07, 6.45) is 5.08. The minimum absolute atomic E-state index is 0.265. The first-order valence-electron chi connectivity index (χ1n) is 6.49. The lowest BCUT2D eigenvalue weighted by atomic mass is 10.2. The van der Waals surface area contributed by atoms with Gasteiger partial charge in [0.2, 0.25) is 5.91 Å². The number of primary amides is 1. The number of carbonyl (C=O) groups excluding carboxylic acids is 1. The van der Waals surface area contributed by atoms with Crippen LogP contribution >= 0.6 is 11.8 Å². The Morgan fingerprint density at radius 3 is 2.65 bits per heavy atom. The fourth-order valence-corrected chi connectivity index (χ4v) is 3.21. The van der Waals surface area contributed by atoms with E-state index in [1.165, 1.54) is 11.8 Å². The summed E-state index contributed by atoms with van der Waals surface area (Å²) in [4.78, 5) is 15.5. The van der Waals surface area contributed by atoms with Crippen LogP contribution in [0.25, 0.3) is 11.4 Å². The Hall–Kier alpha value is -1.89. The third kappa shape index (κ3) is 2.18. The van der Waals surface area contributed by atoms with E-state index in [1.807, 2.05) is 23.6 Å². The SMILES string of the molecule is CCn1c(SC2(C(N)=O)CC2)nnc1-c1ccncc1. The van der Waals surface area contributed by atoms with Crippen molar-refractivity contribution in [1.29, 1.82) is 0 Å². The molecule has 0 atom stereocenters. The van der Waals surface area contributed by atoms with E-state index in [2.05, 4.69) is 15.2 Å². The smallest absolute Gasteiger partial charge is 0.234 e. The number of thioether (sulfide) groups is 1. The van der Waals surface area contributed by atoms with Crippen LogP contribution in [0.1, 0.15) is 19.8 Å². The van der Waals surface area contributed by atoms with E-state index < -0.39 is 4.75 Å². The van der Waals surface area contributed by atoms with Crippen LogP contribution in [-0.2, 0) is 11.3 Å². The Kier molecular flexibility index (Phi) is 3.21. The molecule has 7 heteroatoms. The van der Waals surface area contributed by atoms with Gasteiger partial charge in [-0.3, -0.25) is 9.78 Å². The molecule has 0 saturated heterocycles. The Morgan fingerprint density at radius 1 is 1.40 bits per heavy atom. The standard InChI is InChI=1S/C13H15N5OS/c1-2-18-10(9-3-7-15-8-4-9)16-17-12(18)20-13(5-6-13)11(14)19/h3-4,7-8H,2,5-6H2,1H3,(H2,14,19). The number of rotatable bonds is 5. The monoisotopic (exact) mass is 289 g/mol. The molecule has 1 amide bonds. The summed E-state index contributed by atoms with van der Waals surface area (Å²) in [7, 11) is 0. The molecule has 0 aliphatic heterocycles. The van der Waals surface area contributed by atoms with Gasteiger partial charge < -0.3 is 10.3 Å². The molecular formula is C13H15N5OS. The summed E-state index contributed by atoms with van der Waals surface area (Å²) in [5.74, 6) is 0.524. The van der Waals surface area contributed by atoms with Crippen LogP contribution in [0.4, 0.5) is 0 Å². The fourth-order valence-electron chi connectivity index (χ4n) is 2.05. The number of aromatic nitrogens is 4. The summed E-state index contributed by atoms with van der Waals surface area (Å²) >= 11 is 1.43. The molecule has 1 aliphatic carbocycles. The van der Waals surface area contributed by atoms with Crippen molar-refractivity contribution in [3.05, 3.63) is 24.5 Å². The summed E-state index contributed by atoms with van der Waals surface area (Å²) in [5, 5.41) is 9.21. The van der Waals surface area contributed by atoms with Gasteiger partial charge in [-0.1, -0.05) is 11.8 Å². The molecule has 20 heavy (non-hydrogen) atoms. The minimum Gasteiger partial charge on any atom is -0.368 e. The van der Waals surface area contributed by atoms with E-state index in [0.29, 0.717) is 0 Å². The maximum atomic E-state index is 11.5. The zero-order chi connectivity index (χ0) is 14.2. The van der Waals surface area contributed by atoms with E-state index in [9.17, 15) is 4.79 Å². The Morgan fingerprint density at radius 2 is 2.10 bits per heavy atom. The molecule has 0 bridgehead atoms. The van der Waals surface area contributed by atoms with Crippen molar-refractivity contribution >= 4 is 17.7 Å². The second kappa shape index (κ2) is 4.90. The Balaban J connectivity index is 1.94. The third-order valence-electron chi connectivity index (χ3n) is 3.41. The molecular weight excluding hydrogens is 274 g/mol. The molecule has 0 radical (unpaired) electrons. The molecule has 1 fully saturated rings. The van der Waals surface area contributed by atoms with Gasteiger partial charge in [0.15, 0.2) is 11.0 Å². The van der Waals surface area contributed by atoms with Gasteiger partial charge in [-0.2, -0.15) is 0 Å². The van der Waals surface area contributed by atoms with Gasteiger partial charge >= 0.3 is 0 Å². The zero-order valence-corrected chi connectivity index (χ0v) is 11.9. The van der Waals surface area contributed by atoms with Crippen molar-refractivity contribution in [3.63, 3.8) is 0 Å². The second-order valence-corrected chi connectivity index (χ2v) is 6.10. The highest BCUT2D eigenvalue weighted by molar-refractivity contribution is 8.01. The van der Waals surface area contributed by atoms with Crippen LogP contribution in [0.2, 0.25) is 0 Å². The number of amides is 1. The summed E-state index contributed by atoms with van der Waals surface area (Å²) in [5.41, 5.74) is 6.43. The number of hydrogen-bond acceptors (Lipinski definition) is 5. The second-order valence-electron chi connectivity index (χ2n) is 4.75. The first kappa shape index (κ1) is 13.1. The van der Waals surface area contributed by atoms with Gasteiger partial charge in [-0.15, -0.1) is 10.2 Å². The molecule has 2 aromatic heterocycles. The van der Waals surface area contributed by atoms with Crippen molar-refractivity contribution in [2.45, 2.75) is 36.2 Å². The van der Waals surface area contributed by atoms with Crippen molar-refractivity contribution in [1.82, 2.24) is 19.7 Å². The summed E-state index contributed by atoms with van der Waals surface area (Å²) in [6, 6.07) is 3.79. The van der Waals surface area contributed by atoms with Crippen molar-refractivity contribution in [2.75, 3.05) is 0 Å². The Bertz CT molecular complexity index is 635. The lowest BCUT2D eigenvalue weighted by molar-refractivity contribution is -0.118. The molecule has 1 saturated carbocycles. The molecule has 2 N–H and O–H groups in total. The molecule has 0 aromatic carbocycles. The summed E-state index contributed by atoms with van der Waals surface area (Å²) < 4.78 is 1.53. The molecule has 1 aliphatic rings. The predicted molar refractivity (Wildman–Crippen MR) is 75.9 cm³/mol. The van der Waals surface area contributed by atoms with Gasteiger partial charge in [-0.05, 0) is 31.9 Å². The van der Waals surface area contributed by atoms with Crippen molar-refractivity contribution in [2.24, 2.45) is 5.73 Å². The fraction of sp³-hybridized carbons (Fsp3) is 0.385.